The average Bonchev–Trinajstić information content (AvgIpc) is 2.66. The largest absolute Gasteiger partial charge is 0.352 e. The van der Waals surface area contributed by atoms with E-state index in [2.05, 4.69) is 10.6 Å². The Morgan fingerprint density at radius 2 is 1.50 bits per heavy atom. The zero-order chi connectivity index (χ0) is 18.8. The molecule has 0 fully saturated rings. The second kappa shape index (κ2) is 10.1. The number of Topliss-reactive ketones (excluding diaryl/α,β-unsaturated/α-hetero) is 1. The number of carbonyl (C=O) groups is 3. The van der Waals surface area contributed by atoms with Gasteiger partial charge in [0, 0.05) is 37.1 Å². The molecule has 0 saturated carbocycles. The molecular formula is C21H24N2O3. The molecule has 0 aliphatic rings. The Morgan fingerprint density at radius 1 is 0.808 bits per heavy atom. The van der Waals surface area contributed by atoms with E-state index in [0.717, 1.165) is 17.7 Å². The van der Waals surface area contributed by atoms with E-state index in [0.29, 0.717) is 18.5 Å². The predicted molar refractivity (Wildman–Crippen MR) is 102 cm³/mol. The molecule has 0 heterocycles. The number of ketones is 1. The van der Waals surface area contributed by atoms with Gasteiger partial charge in [-0.2, -0.15) is 0 Å². The molecule has 2 N–H and O–H groups in total. The second-order valence-corrected chi connectivity index (χ2v) is 6.06. The number of carbonyl (C=O) groups excluding carboxylic acids is 3. The van der Waals surface area contributed by atoms with Crippen molar-refractivity contribution in [1.29, 1.82) is 0 Å². The molecular weight excluding hydrogens is 328 g/mol. The Bertz CT molecular complexity index is 740. The average molecular weight is 352 g/mol. The molecule has 26 heavy (non-hydrogen) atoms. The number of anilines is 1. The Kier molecular flexibility index (Phi) is 7.55. The van der Waals surface area contributed by atoms with E-state index >= 15 is 0 Å². The van der Waals surface area contributed by atoms with Gasteiger partial charge in [0.2, 0.25) is 11.8 Å². The van der Waals surface area contributed by atoms with E-state index in [1.54, 1.807) is 12.1 Å². The van der Waals surface area contributed by atoms with Crippen LogP contribution in [0.1, 0.15) is 48.5 Å². The molecule has 0 aliphatic heterocycles. The summed E-state index contributed by atoms with van der Waals surface area (Å²) in [5.41, 5.74) is 2.30. The summed E-state index contributed by atoms with van der Waals surface area (Å²) in [6, 6.07) is 16.3. The van der Waals surface area contributed by atoms with Crippen molar-refractivity contribution < 1.29 is 14.4 Å². The summed E-state index contributed by atoms with van der Waals surface area (Å²) in [6.07, 6.45) is 1.67. The third-order valence-electron chi connectivity index (χ3n) is 3.88. The molecule has 0 bridgehead atoms. The molecule has 0 aromatic heterocycles. The number of hydrogen-bond donors (Lipinski definition) is 2. The SMILES string of the molecule is CCCC(=O)Nc1ccc(CNC(=O)CCC(=O)c2ccccc2)cc1. The first-order chi connectivity index (χ1) is 12.6. The molecule has 2 rings (SSSR count). The van der Waals surface area contributed by atoms with Gasteiger partial charge in [0.15, 0.2) is 5.78 Å². The molecule has 0 radical (unpaired) electrons. The minimum atomic E-state index is -0.158. The Labute approximate surface area is 153 Å². The zero-order valence-corrected chi connectivity index (χ0v) is 15.0. The quantitative estimate of drug-likeness (QED) is 0.676. The summed E-state index contributed by atoms with van der Waals surface area (Å²) in [5, 5.41) is 5.63. The van der Waals surface area contributed by atoms with Crippen molar-refractivity contribution in [1.82, 2.24) is 5.32 Å². The Morgan fingerprint density at radius 3 is 2.15 bits per heavy atom. The summed E-state index contributed by atoms with van der Waals surface area (Å²) in [6.45, 7) is 2.35. The van der Waals surface area contributed by atoms with Crippen molar-refractivity contribution in [3.05, 3.63) is 65.7 Å². The minimum absolute atomic E-state index is 0.00311. The van der Waals surface area contributed by atoms with Crippen molar-refractivity contribution in [3.8, 4) is 0 Å². The third-order valence-corrected chi connectivity index (χ3v) is 3.88. The van der Waals surface area contributed by atoms with Crippen LogP contribution >= 0.6 is 0 Å². The number of benzene rings is 2. The van der Waals surface area contributed by atoms with Crippen LogP contribution < -0.4 is 10.6 Å². The molecule has 0 spiro atoms. The first-order valence-corrected chi connectivity index (χ1v) is 8.82. The third kappa shape index (κ3) is 6.51. The van der Waals surface area contributed by atoms with Crippen LogP contribution in [0.4, 0.5) is 5.69 Å². The first kappa shape index (κ1) is 19.4. The van der Waals surface area contributed by atoms with E-state index in [9.17, 15) is 14.4 Å². The standard InChI is InChI=1S/C21H24N2O3/c1-2-6-21(26)23-18-11-9-16(10-12-18)15-22-20(25)14-13-19(24)17-7-4-3-5-8-17/h3-5,7-12H,2,6,13-15H2,1H3,(H,22,25)(H,23,26). The predicted octanol–water partition coefficient (Wildman–Crippen LogP) is 3.70. The van der Waals surface area contributed by atoms with Gasteiger partial charge in [-0.05, 0) is 24.1 Å². The fraction of sp³-hybridized carbons (Fsp3) is 0.286. The van der Waals surface area contributed by atoms with Crippen LogP contribution in [0.5, 0.6) is 0 Å². The number of rotatable bonds is 9. The summed E-state index contributed by atoms with van der Waals surface area (Å²) >= 11 is 0. The van der Waals surface area contributed by atoms with Crippen molar-refractivity contribution in [2.24, 2.45) is 0 Å². The molecule has 2 aromatic rings. The van der Waals surface area contributed by atoms with Crippen molar-refractivity contribution in [2.45, 2.75) is 39.2 Å². The summed E-state index contributed by atoms with van der Waals surface area (Å²) in [7, 11) is 0. The van der Waals surface area contributed by atoms with Gasteiger partial charge in [0.05, 0.1) is 0 Å². The van der Waals surface area contributed by atoms with Crippen LogP contribution in [-0.2, 0) is 16.1 Å². The van der Waals surface area contributed by atoms with Gasteiger partial charge in [-0.1, -0.05) is 49.4 Å². The maximum Gasteiger partial charge on any atom is 0.224 e. The van der Waals surface area contributed by atoms with Crippen LogP contribution in [-0.4, -0.2) is 17.6 Å². The lowest BCUT2D eigenvalue weighted by Gasteiger charge is -2.08. The van der Waals surface area contributed by atoms with Gasteiger partial charge in [-0.3, -0.25) is 14.4 Å². The van der Waals surface area contributed by atoms with E-state index in [-0.39, 0.29) is 30.4 Å². The topological polar surface area (TPSA) is 75.3 Å². The van der Waals surface area contributed by atoms with Gasteiger partial charge in [0.1, 0.15) is 0 Å². The Balaban J connectivity index is 1.73. The Hall–Kier alpha value is -2.95. The molecule has 136 valence electrons. The van der Waals surface area contributed by atoms with E-state index in [1.807, 2.05) is 49.4 Å². The van der Waals surface area contributed by atoms with Gasteiger partial charge in [0.25, 0.3) is 0 Å². The van der Waals surface area contributed by atoms with Crippen molar-refractivity contribution in [3.63, 3.8) is 0 Å². The van der Waals surface area contributed by atoms with Crippen molar-refractivity contribution in [2.75, 3.05) is 5.32 Å². The maximum absolute atomic E-state index is 12.0. The normalized spacial score (nSPS) is 10.2. The second-order valence-electron chi connectivity index (χ2n) is 6.06. The monoisotopic (exact) mass is 352 g/mol. The van der Waals surface area contributed by atoms with Gasteiger partial charge < -0.3 is 10.6 Å². The number of amides is 2. The van der Waals surface area contributed by atoms with Crippen molar-refractivity contribution >= 4 is 23.3 Å². The molecule has 0 unspecified atom stereocenters. The lowest BCUT2D eigenvalue weighted by Crippen LogP contribution is -2.23. The summed E-state index contributed by atoms with van der Waals surface area (Å²) in [5.74, 6) is -0.195. The zero-order valence-electron chi connectivity index (χ0n) is 15.0. The fourth-order valence-corrected chi connectivity index (χ4v) is 2.44. The fourth-order valence-electron chi connectivity index (χ4n) is 2.44. The van der Waals surface area contributed by atoms with Crippen LogP contribution in [0.3, 0.4) is 0 Å². The van der Waals surface area contributed by atoms with Gasteiger partial charge in [-0.25, -0.2) is 0 Å². The highest BCUT2D eigenvalue weighted by atomic mass is 16.2. The highest BCUT2D eigenvalue weighted by molar-refractivity contribution is 5.97. The van der Waals surface area contributed by atoms with Crippen LogP contribution in [0.25, 0.3) is 0 Å². The molecule has 5 heteroatoms. The van der Waals surface area contributed by atoms with E-state index in [1.165, 1.54) is 0 Å². The molecule has 2 aromatic carbocycles. The van der Waals surface area contributed by atoms with E-state index in [4.69, 9.17) is 0 Å². The van der Waals surface area contributed by atoms with Crippen LogP contribution in [0.2, 0.25) is 0 Å². The summed E-state index contributed by atoms with van der Waals surface area (Å²) < 4.78 is 0. The lowest BCUT2D eigenvalue weighted by molar-refractivity contribution is -0.121. The smallest absolute Gasteiger partial charge is 0.224 e. The van der Waals surface area contributed by atoms with Crippen LogP contribution in [0, 0.1) is 0 Å². The minimum Gasteiger partial charge on any atom is -0.352 e. The first-order valence-electron chi connectivity index (χ1n) is 8.82. The lowest BCUT2D eigenvalue weighted by atomic mass is 10.1. The number of nitrogens with one attached hydrogen (secondary N) is 2. The molecule has 0 saturated heterocycles. The highest BCUT2D eigenvalue weighted by Crippen LogP contribution is 2.10. The van der Waals surface area contributed by atoms with Gasteiger partial charge >= 0.3 is 0 Å². The summed E-state index contributed by atoms with van der Waals surface area (Å²) in [4.78, 5) is 35.4. The number of hydrogen-bond acceptors (Lipinski definition) is 3. The maximum atomic E-state index is 12.0. The van der Waals surface area contributed by atoms with Gasteiger partial charge in [-0.15, -0.1) is 0 Å². The molecule has 5 nitrogen and oxygen atoms in total. The molecule has 0 atom stereocenters. The van der Waals surface area contributed by atoms with E-state index < -0.39 is 0 Å². The molecule has 2 amide bonds. The molecule has 0 aliphatic carbocycles. The van der Waals surface area contributed by atoms with Crippen LogP contribution in [0.15, 0.2) is 54.6 Å². The highest BCUT2D eigenvalue weighted by Gasteiger charge is 2.09.